The van der Waals surface area contributed by atoms with Gasteiger partial charge in [-0.2, -0.15) is 0 Å². The first-order valence-corrected chi connectivity index (χ1v) is 5.96. The lowest BCUT2D eigenvalue weighted by molar-refractivity contribution is 0.112. The van der Waals surface area contributed by atoms with Crippen molar-refractivity contribution in [1.29, 1.82) is 0 Å². The van der Waals surface area contributed by atoms with Crippen LogP contribution in [0.2, 0.25) is 0 Å². The number of unbranched alkanes of at least 4 members (excludes halogenated alkanes) is 2. The molecule has 0 radical (unpaired) electrons. The van der Waals surface area contributed by atoms with Crippen molar-refractivity contribution < 1.29 is 8.98 Å². The van der Waals surface area contributed by atoms with Crippen molar-refractivity contribution in [3.8, 4) is 0 Å². The molecule has 1 aromatic carbocycles. The van der Waals surface area contributed by atoms with Crippen LogP contribution in [-0.4, -0.2) is 12.9 Å². The molecule has 0 atom stereocenters. The number of carbonyl (C=O) groups is 1. The van der Waals surface area contributed by atoms with Gasteiger partial charge in [-0.05, 0) is 12.5 Å². The molecule has 0 aliphatic rings. The Morgan fingerprint density at radius 3 is 2.87 bits per heavy atom. The highest BCUT2D eigenvalue weighted by Gasteiger charge is 2.01. The Morgan fingerprint density at radius 2 is 2.13 bits per heavy atom. The van der Waals surface area contributed by atoms with Crippen LogP contribution in [0.4, 0.5) is 0 Å². The maximum absolute atomic E-state index is 10.7. The van der Waals surface area contributed by atoms with E-state index < -0.39 is 0 Å². The summed E-state index contributed by atoms with van der Waals surface area (Å²) < 4.78 is 5.42. The summed E-state index contributed by atoms with van der Waals surface area (Å²) in [4.78, 5) is 11.6. The molecule has 0 aliphatic carbocycles. The highest BCUT2D eigenvalue weighted by Crippen LogP contribution is 2.22. The summed E-state index contributed by atoms with van der Waals surface area (Å²) >= 11 is 1.29. The van der Waals surface area contributed by atoms with Crippen molar-refractivity contribution in [1.82, 2.24) is 0 Å². The summed E-state index contributed by atoms with van der Waals surface area (Å²) in [6.45, 7) is 2.90. The molecule has 0 bridgehead atoms. The SMILES string of the molecule is CCCCCOSc1ccccc1C=O. The first-order chi connectivity index (χ1) is 7.38. The van der Waals surface area contributed by atoms with Gasteiger partial charge in [0, 0.05) is 22.5 Å². The van der Waals surface area contributed by atoms with Crippen LogP contribution in [-0.2, 0) is 4.18 Å². The maximum atomic E-state index is 10.7. The molecule has 1 rings (SSSR count). The van der Waals surface area contributed by atoms with Crippen LogP contribution in [0.5, 0.6) is 0 Å². The summed E-state index contributed by atoms with van der Waals surface area (Å²) in [5.41, 5.74) is 0.693. The van der Waals surface area contributed by atoms with E-state index in [0.29, 0.717) is 5.56 Å². The Morgan fingerprint density at radius 1 is 1.33 bits per heavy atom. The van der Waals surface area contributed by atoms with Crippen molar-refractivity contribution >= 4 is 18.3 Å². The van der Waals surface area contributed by atoms with Crippen molar-refractivity contribution in [3.05, 3.63) is 29.8 Å². The fraction of sp³-hybridized carbons (Fsp3) is 0.417. The Balaban J connectivity index is 2.33. The molecule has 3 heteroatoms. The first kappa shape index (κ1) is 12.3. The van der Waals surface area contributed by atoms with E-state index in [-0.39, 0.29) is 0 Å². The summed E-state index contributed by atoms with van der Waals surface area (Å²) in [5, 5.41) is 0. The zero-order valence-electron chi connectivity index (χ0n) is 8.94. The van der Waals surface area contributed by atoms with Gasteiger partial charge in [-0.15, -0.1) is 0 Å². The minimum atomic E-state index is 0.693. The van der Waals surface area contributed by atoms with E-state index in [4.69, 9.17) is 4.18 Å². The molecule has 0 unspecified atom stereocenters. The third kappa shape index (κ3) is 4.49. The molecule has 0 saturated carbocycles. The van der Waals surface area contributed by atoms with E-state index in [1.807, 2.05) is 18.2 Å². The van der Waals surface area contributed by atoms with Crippen LogP contribution in [0.25, 0.3) is 0 Å². The molecule has 0 fully saturated rings. The normalized spacial score (nSPS) is 10.2. The van der Waals surface area contributed by atoms with Gasteiger partial charge in [0.25, 0.3) is 0 Å². The van der Waals surface area contributed by atoms with Gasteiger partial charge in [0.05, 0.1) is 6.61 Å². The molecule has 0 heterocycles. The van der Waals surface area contributed by atoms with Crippen LogP contribution in [0.1, 0.15) is 36.5 Å². The number of benzene rings is 1. The molecular formula is C12H16O2S. The van der Waals surface area contributed by atoms with Crippen molar-refractivity contribution in [2.24, 2.45) is 0 Å². The maximum Gasteiger partial charge on any atom is 0.151 e. The Kier molecular flexibility index (Phi) is 6.12. The zero-order valence-corrected chi connectivity index (χ0v) is 9.76. The second-order valence-corrected chi connectivity index (χ2v) is 4.11. The van der Waals surface area contributed by atoms with E-state index in [1.54, 1.807) is 6.07 Å². The fourth-order valence-electron chi connectivity index (χ4n) is 1.17. The molecule has 0 saturated heterocycles. The van der Waals surface area contributed by atoms with Gasteiger partial charge >= 0.3 is 0 Å². The third-order valence-corrected chi connectivity index (χ3v) is 2.86. The number of aldehydes is 1. The second-order valence-electron chi connectivity index (χ2n) is 3.27. The van der Waals surface area contributed by atoms with Crippen LogP contribution in [0, 0.1) is 0 Å². The van der Waals surface area contributed by atoms with Gasteiger partial charge in [0.2, 0.25) is 0 Å². The van der Waals surface area contributed by atoms with Gasteiger partial charge in [-0.3, -0.25) is 4.79 Å². The number of carbonyl (C=O) groups excluding carboxylic acids is 1. The second kappa shape index (κ2) is 7.49. The monoisotopic (exact) mass is 224 g/mol. The highest BCUT2D eigenvalue weighted by molar-refractivity contribution is 7.94. The van der Waals surface area contributed by atoms with E-state index in [9.17, 15) is 4.79 Å². The van der Waals surface area contributed by atoms with Crippen LogP contribution >= 0.6 is 12.0 Å². The average molecular weight is 224 g/mol. The summed E-state index contributed by atoms with van der Waals surface area (Å²) in [5.74, 6) is 0. The van der Waals surface area contributed by atoms with Gasteiger partial charge in [0.15, 0.2) is 6.29 Å². The van der Waals surface area contributed by atoms with Gasteiger partial charge in [-0.1, -0.05) is 38.0 Å². The lowest BCUT2D eigenvalue weighted by Gasteiger charge is -2.03. The molecule has 0 aromatic heterocycles. The molecule has 82 valence electrons. The van der Waals surface area contributed by atoms with E-state index >= 15 is 0 Å². The number of hydrogen-bond donors (Lipinski definition) is 0. The largest absolute Gasteiger partial charge is 0.310 e. The predicted molar refractivity (Wildman–Crippen MR) is 63.2 cm³/mol. The fourth-order valence-corrected chi connectivity index (χ4v) is 1.84. The van der Waals surface area contributed by atoms with Crippen molar-refractivity contribution in [3.63, 3.8) is 0 Å². The van der Waals surface area contributed by atoms with Crippen LogP contribution < -0.4 is 0 Å². The minimum Gasteiger partial charge on any atom is -0.310 e. The highest BCUT2D eigenvalue weighted by atomic mass is 32.2. The van der Waals surface area contributed by atoms with Crippen LogP contribution in [0.3, 0.4) is 0 Å². The van der Waals surface area contributed by atoms with Gasteiger partial charge < -0.3 is 4.18 Å². The Bertz CT molecular complexity index is 299. The average Bonchev–Trinajstić information content (AvgIpc) is 2.29. The molecule has 0 aliphatic heterocycles. The molecule has 2 nitrogen and oxygen atoms in total. The van der Waals surface area contributed by atoms with Crippen molar-refractivity contribution in [2.45, 2.75) is 31.1 Å². The van der Waals surface area contributed by atoms with Gasteiger partial charge in [0.1, 0.15) is 0 Å². The van der Waals surface area contributed by atoms with Crippen LogP contribution in [0.15, 0.2) is 29.2 Å². The molecule has 0 spiro atoms. The van der Waals surface area contributed by atoms with E-state index in [1.165, 1.54) is 24.9 Å². The zero-order chi connectivity index (χ0) is 10.9. The molecule has 1 aromatic rings. The van der Waals surface area contributed by atoms with Gasteiger partial charge in [-0.25, -0.2) is 0 Å². The summed E-state index contributed by atoms with van der Waals surface area (Å²) in [7, 11) is 0. The Hall–Kier alpha value is -0.800. The Labute approximate surface area is 95.2 Å². The topological polar surface area (TPSA) is 26.3 Å². The first-order valence-electron chi connectivity index (χ1n) is 5.22. The third-order valence-electron chi connectivity index (χ3n) is 2.03. The quantitative estimate of drug-likeness (QED) is 0.401. The minimum absolute atomic E-state index is 0.693. The molecule has 0 N–H and O–H groups in total. The molecule has 15 heavy (non-hydrogen) atoms. The number of hydrogen-bond acceptors (Lipinski definition) is 3. The smallest absolute Gasteiger partial charge is 0.151 e. The summed E-state index contributed by atoms with van der Waals surface area (Å²) in [6.07, 6.45) is 4.32. The lowest BCUT2D eigenvalue weighted by Crippen LogP contribution is -1.89. The van der Waals surface area contributed by atoms with E-state index in [2.05, 4.69) is 6.92 Å². The standard InChI is InChI=1S/C12H16O2S/c1-2-3-6-9-14-15-12-8-5-4-7-11(12)10-13/h4-5,7-8,10H,2-3,6,9H2,1H3. The van der Waals surface area contributed by atoms with E-state index in [0.717, 1.165) is 24.2 Å². The van der Waals surface area contributed by atoms with Crippen molar-refractivity contribution in [2.75, 3.05) is 6.61 Å². The lowest BCUT2D eigenvalue weighted by atomic mass is 10.2. The predicted octanol–water partition coefficient (Wildman–Crippen LogP) is 3.71. The molecule has 0 amide bonds. The number of rotatable bonds is 7. The summed E-state index contributed by atoms with van der Waals surface area (Å²) in [6, 6.07) is 7.45. The molecular weight excluding hydrogens is 208 g/mol.